The van der Waals surface area contributed by atoms with Crippen molar-refractivity contribution in [2.75, 3.05) is 0 Å². The highest BCUT2D eigenvalue weighted by atomic mass is 19.4. The van der Waals surface area contributed by atoms with E-state index in [2.05, 4.69) is 9.97 Å². The lowest BCUT2D eigenvalue weighted by molar-refractivity contribution is -0.144. The average Bonchev–Trinajstić information content (AvgIpc) is 3.79. The Labute approximate surface area is 312 Å². The van der Waals surface area contributed by atoms with Crippen LogP contribution >= 0.6 is 0 Å². The summed E-state index contributed by atoms with van der Waals surface area (Å²) in [7, 11) is 0. The van der Waals surface area contributed by atoms with E-state index in [-0.39, 0.29) is 39.2 Å². The predicted molar refractivity (Wildman–Crippen MR) is 176 cm³/mol. The van der Waals surface area contributed by atoms with E-state index in [9.17, 15) is 73.7 Å². The molecule has 58 heavy (non-hydrogen) atoms. The summed E-state index contributed by atoms with van der Waals surface area (Å²) in [5.41, 5.74) is -14.5. The van der Waals surface area contributed by atoms with Crippen molar-refractivity contribution in [2.24, 2.45) is 0 Å². The highest BCUT2D eigenvalue weighted by molar-refractivity contribution is 6.19. The summed E-state index contributed by atoms with van der Waals surface area (Å²) in [4.78, 5) is 8.18. The van der Waals surface area contributed by atoms with Gasteiger partial charge in [0, 0.05) is 21.9 Å². The number of alkyl halides is 12. The highest BCUT2D eigenvalue weighted by Crippen LogP contribution is 2.47. The van der Waals surface area contributed by atoms with Crippen molar-refractivity contribution in [3.05, 3.63) is 94.0 Å². The Hall–Kier alpha value is -7.58. The molecule has 0 radical (unpaired) electrons. The molecule has 0 amide bonds. The number of oxazole rings is 2. The number of benzene rings is 5. The van der Waals surface area contributed by atoms with Gasteiger partial charge in [0.15, 0.2) is 22.3 Å². The summed E-state index contributed by atoms with van der Waals surface area (Å²) in [6.07, 6.45) is -21.2. The van der Waals surface area contributed by atoms with Crippen molar-refractivity contribution >= 4 is 54.9 Å². The molecular formula is C38H10F12N6O2. The van der Waals surface area contributed by atoms with Crippen molar-refractivity contribution in [3.63, 3.8) is 0 Å². The SMILES string of the molecule is N#CC(C#N)=c1nc2c(o1)c(-c1ccc(C(F)(F)F)cc1C(F)(F)F)cc1cc3cc(-c4ccc(C(F)(F)F)cc4C(F)(F)F)c4nc(=C(C#N)C#N)oc4c3cc12. The van der Waals surface area contributed by atoms with Crippen LogP contribution < -0.4 is 11.1 Å². The lowest BCUT2D eigenvalue weighted by atomic mass is 9.91. The third kappa shape index (κ3) is 6.40. The summed E-state index contributed by atoms with van der Waals surface area (Å²) in [6.45, 7) is 0. The van der Waals surface area contributed by atoms with E-state index in [0.29, 0.717) is 24.3 Å². The molecule has 288 valence electrons. The summed E-state index contributed by atoms with van der Waals surface area (Å²) >= 11 is 0. The molecule has 8 nitrogen and oxygen atoms in total. The molecule has 0 fully saturated rings. The first-order valence-electron chi connectivity index (χ1n) is 15.7. The molecular weight excluding hydrogens is 800 g/mol. The van der Waals surface area contributed by atoms with E-state index in [0.717, 1.165) is 12.1 Å². The highest BCUT2D eigenvalue weighted by Gasteiger charge is 2.40. The number of hydrogen-bond donors (Lipinski definition) is 0. The molecule has 0 atom stereocenters. The van der Waals surface area contributed by atoms with Gasteiger partial charge < -0.3 is 8.83 Å². The average molecular weight is 811 g/mol. The topological polar surface area (TPSA) is 147 Å². The summed E-state index contributed by atoms with van der Waals surface area (Å²) in [5.74, 6) is 0. The number of hydrogen-bond acceptors (Lipinski definition) is 8. The van der Waals surface area contributed by atoms with E-state index in [1.165, 1.54) is 36.4 Å². The number of fused-ring (bicyclic) bond motifs is 6. The standard InChI is InChI=1S/C38H10F12N6O2/c39-35(40,41)19-1-3-21(27(8-19)37(45,46)47)25-6-16-5-15-7-26(22-4-2-20(36(42,43)44)9-28(22)38(48,49)50)32-29(55-33(58-32)17(11-51)12-52)23(15)10-24(16)31-30(25)56-34(57-31)18(13-53)14-54/h1-10H. The lowest BCUT2D eigenvalue weighted by Gasteiger charge is -2.17. The maximum atomic E-state index is 14.4. The minimum absolute atomic E-state index is 0.0563. The van der Waals surface area contributed by atoms with Gasteiger partial charge in [-0.25, -0.2) is 9.97 Å². The predicted octanol–water partition coefficient (Wildman–Crippen LogP) is 10.1. The zero-order valence-electron chi connectivity index (χ0n) is 27.8. The second-order valence-electron chi connectivity index (χ2n) is 12.2. The maximum Gasteiger partial charge on any atom is 0.417 e. The van der Waals surface area contributed by atoms with Gasteiger partial charge in [-0.3, -0.25) is 0 Å². The van der Waals surface area contributed by atoms with Gasteiger partial charge in [0.25, 0.3) is 0 Å². The fourth-order valence-corrected chi connectivity index (χ4v) is 6.33. The van der Waals surface area contributed by atoms with Crippen LogP contribution in [0.4, 0.5) is 52.7 Å². The van der Waals surface area contributed by atoms with Crippen molar-refractivity contribution in [2.45, 2.75) is 24.7 Å². The Kier molecular flexibility index (Phi) is 8.67. The summed E-state index contributed by atoms with van der Waals surface area (Å²) < 4.78 is 179. The molecule has 0 spiro atoms. The normalized spacial score (nSPS) is 12.4. The van der Waals surface area contributed by atoms with E-state index in [4.69, 9.17) is 8.83 Å². The summed E-state index contributed by atoms with van der Waals surface area (Å²) in [6, 6.07) is 11.9. The first-order valence-corrected chi connectivity index (χ1v) is 15.7. The molecule has 7 rings (SSSR count). The number of nitriles is 4. The van der Waals surface area contributed by atoms with Crippen molar-refractivity contribution < 1.29 is 61.5 Å². The molecule has 2 heterocycles. The van der Waals surface area contributed by atoms with Crippen LogP contribution in [0.1, 0.15) is 22.3 Å². The molecule has 0 aliphatic heterocycles. The van der Waals surface area contributed by atoms with Crippen molar-refractivity contribution in [1.82, 2.24) is 9.97 Å². The van der Waals surface area contributed by atoms with E-state index in [1.807, 2.05) is 0 Å². The van der Waals surface area contributed by atoms with Gasteiger partial charge in [-0.2, -0.15) is 73.7 Å². The zero-order valence-corrected chi connectivity index (χ0v) is 27.8. The minimum atomic E-state index is -5.41. The van der Waals surface area contributed by atoms with Crippen LogP contribution in [-0.4, -0.2) is 9.97 Å². The smallest absolute Gasteiger partial charge is 0.417 e. The first kappa shape index (κ1) is 38.7. The molecule has 0 aliphatic rings. The van der Waals surface area contributed by atoms with Gasteiger partial charge in [0.1, 0.15) is 35.3 Å². The van der Waals surface area contributed by atoms with Gasteiger partial charge in [-0.15, -0.1) is 0 Å². The maximum absolute atomic E-state index is 14.4. The monoisotopic (exact) mass is 810 g/mol. The van der Waals surface area contributed by atoms with E-state index < -0.39 is 108 Å². The molecule has 2 aromatic heterocycles. The van der Waals surface area contributed by atoms with Gasteiger partial charge in [0.05, 0.1) is 22.3 Å². The Balaban J connectivity index is 1.67. The minimum Gasteiger partial charge on any atom is -0.434 e. The fourth-order valence-electron chi connectivity index (χ4n) is 6.33. The van der Waals surface area contributed by atoms with E-state index in [1.54, 1.807) is 0 Å². The van der Waals surface area contributed by atoms with Gasteiger partial charge in [-0.1, -0.05) is 12.1 Å². The van der Waals surface area contributed by atoms with Crippen LogP contribution in [0.3, 0.4) is 0 Å². The molecule has 20 heteroatoms. The van der Waals surface area contributed by atoms with Crippen LogP contribution in [0, 0.1) is 45.3 Å². The Bertz CT molecular complexity index is 2990. The quantitative estimate of drug-likeness (QED) is 0.124. The summed E-state index contributed by atoms with van der Waals surface area (Å²) in [5, 5.41) is 37.6. The van der Waals surface area contributed by atoms with Crippen LogP contribution in [0.15, 0.2) is 69.5 Å². The molecule has 0 saturated heterocycles. The van der Waals surface area contributed by atoms with Gasteiger partial charge >= 0.3 is 24.7 Å². The Morgan fingerprint density at radius 3 is 1.34 bits per heavy atom. The second-order valence-corrected chi connectivity index (χ2v) is 12.2. The van der Waals surface area contributed by atoms with Crippen LogP contribution in [-0.2, 0) is 24.7 Å². The van der Waals surface area contributed by atoms with Crippen LogP contribution in [0.25, 0.3) is 77.1 Å². The third-order valence-corrected chi connectivity index (χ3v) is 8.84. The Morgan fingerprint density at radius 1 is 0.448 bits per heavy atom. The van der Waals surface area contributed by atoms with Gasteiger partial charge in [-0.05, 0) is 70.4 Å². The molecule has 0 bridgehead atoms. The Morgan fingerprint density at radius 2 is 0.879 bits per heavy atom. The van der Waals surface area contributed by atoms with Crippen molar-refractivity contribution in [3.8, 4) is 46.5 Å². The van der Waals surface area contributed by atoms with E-state index >= 15 is 0 Å². The molecule has 5 aromatic carbocycles. The molecule has 0 saturated carbocycles. The van der Waals surface area contributed by atoms with Gasteiger partial charge in [0.2, 0.25) is 11.1 Å². The van der Waals surface area contributed by atoms with Crippen LogP contribution in [0.5, 0.6) is 0 Å². The first-order chi connectivity index (χ1) is 27.1. The molecule has 0 N–H and O–H groups in total. The zero-order chi connectivity index (χ0) is 42.3. The molecule has 0 aliphatic carbocycles. The number of aromatic nitrogens is 2. The number of rotatable bonds is 2. The van der Waals surface area contributed by atoms with Crippen molar-refractivity contribution in [1.29, 1.82) is 21.0 Å². The molecule has 0 unspecified atom stereocenters. The number of halogens is 12. The lowest BCUT2D eigenvalue weighted by Crippen LogP contribution is -2.12. The number of nitrogens with zero attached hydrogens (tertiary/aromatic N) is 6. The van der Waals surface area contributed by atoms with Crippen LogP contribution in [0.2, 0.25) is 0 Å². The second kappa shape index (κ2) is 13.0. The molecule has 7 aromatic rings. The third-order valence-electron chi connectivity index (χ3n) is 8.84. The largest absolute Gasteiger partial charge is 0.434 e. The fraction of sp³-hybridized carbons (Fsp3) is 0.105.